The van der Waals surface area contributed by atoms with Crippen LogP contribution in [0.1, 0.15) is 32.6 Å². The van der Waals surface area contributed by atoms with Crippen LogP contribution in [0.25, 0.3) is 0 Å². The quantitative estimate of drug-likeness (QED) is 0.580. The summed E-state index contributed by atoms with van der Waals surface area (Å²) in [5, 5.41) is 0.709. The first-order valence-electron chi connectivity index (χ1n) is 9.45. The lowest BCUT2D eigenvalue weighted by Gasteiger charge is -2.30. The Bertz CT molecular complexity index is 998. The number of hydrogen-bond donors (Lipinski definition) is 0. The van der Waals surface area contributed by atoms with E-state index in [4.69, 9.17) is 16.3 Å². The van der Waals surface area contributed by atoms with Gasteiger partial charge in [-0.1, -0.05) is 54.1 Å². The summed E-state index contributed by atoms with van der Waals surface area (Å²) in [4.78, 5) is 15.0. The Morgan fingerprint density at radius 2 is 1.79 bits per heavy atom. The fourth-order valence-electron chi connectivity index (χ4n) is 3.56. The minimum absolute atomic E-state index is 0.0708. The highest BCUT2D eigenvalue weighted by Crippen LogP contribution is 2.29. The van der Waals surface area contributed by atoms with E-state index in [1.165, 1.54) is 11.1 Å². The molecule has 0 saturated heterocycles. The van der Waals surface area contributed by atoms with Crippen molar-refractivity contribution < 1.29 is 9.53 Å². The lowest BCUT2D eigenvalue weighted by atomic mass is 9.97. The molecule has 0 N–H and O–H groups in total. The summed E-state index contributed by atoms with van der Waals surface area (Å²) in [6.07, 6.45) is 0.795. The van der Waals surface area contributed by atoms with Gasteiger partial charge in [-0.2, -0.15) is 0 Å². The first kappa shape index (κ1) is 18.6. The Balaban J connectivity index is 1.51. The largest absolute Gasteiger partial charge is 0.489 e. The number of hydrogen-bond acceptors (Lipinski definition) is 2. The highest BCUT2D eigenvalue weighted by atomic mass is 35.5. The van der Waals surface area contributed by atoms with E-state index in [1.807, 2.05) is 59.5 Å². The molecule has 0 atom stereocenters. The van der Waals surface area contributed by atoms with E-state index in [1.54, 1.807) is 0 Å². The first-order chi connectivity index (χ1) is 13.6. The van der Waals surface area contributed by atoms with E-state index >= 15 is 0 Å². The number of carbonyl (C=O) groups is 1. The van der Waals surface area contributed by atoms with Gasteiger partial charge in [0.1, 0.15) is 12.4 Å². The van der Waals surface area contributed by atoms with Gasteiger partial charge in [0.2, 0.25) is 0 Å². The molecular weight excluding hydrogens is 370 g/mol. The summed E-state index contributed by atoms with van der Waals surface area (Å²) in [6, 6.07) is 21.6. The number of nitrogens with zero attached hydrogens (tertiary/aromatic N) is 1. The molecule has 4 heteroatoms. The molecule has 0 spiro atoms. The van der Waals surface area contributed by atoms with Gasteiger partial charge in [-0.25, -0.2) is 0 Å². The summed E-state index contributed by atoms with van der Waals surface area (Å²) >= 11 is 5.94. The van der Waals surface area contributed by atoms with Gasteiger partial charge in [0.05, 0.1) is 0 Å². The monoisotopic (exact) mass is 391 g/mol. The molecule has 4 rings (SSSR count). The summed E-state index contributed by atoms with van der Waals surface area (Å²) in [5.41, 5.74) is 5.19. The maximum Gasteiger partial charge on any atom is 0.254 e. The lowest BCUT2D eigenvalue weighted by Crippen LogP contribution is -2.37. The van der Waals surface area contributed by atoms with Crippen LogP contribution >= 0.6 is 11.6 Å². The minimum atomic E-state index is 0.0708. The van der Waals surface area contributed by atoms with Gasteiger partial charge in [0.25, 0.3) is 5.91 Å². The van der Waals surface area contributed by atoms with E-state index in [9.17, 15) is 4.79 Å². The molecule has 3 aromatic carbocycles. The lowest BCUT2D eigenvalue weighted by molar-refractivity contribution is 0.0725. The van der Waals surface area contributed by atoms with Gasteiger partial charge in [-0.3, -0.25) is 4.79 Å². The molecule has 1 aliphatic rings. The number of halogens is 1. The number of benzene rings is 3. The van der Waals surface area contributed by atoms with Crippen LogP contribution in [0.5, 0.6) is 5.75 Å². The van der Waals surface area contributed by atoms with Crippen LogP contribution in [0, 0.1) is 6.92 Å². The van der Waals surface area contributed by atoms with Crippen LogP contribution in [0.3, 0.4) is 0 Å². The summed E-state index contributed by atoms with van der Waals surface area (Å²) in [7, 11) is 0. The van der Waals surface area contributed by atoms with E-state index in [-0.39, 0.29) is 5.91 Å². The minimum Gasteiger partial charge on any atom is -0.489 e. The van der Waals surface area contributed by atoms with Crippen molar-refractivity contribution in [2.45, 2.75) is 26.5 Å². The number of ether oxygens (including phenoxy) is 1. The van der Waals surface area contributed by atoms with E-state index < -0.39 is 0 Å². The van der Waals surface area contributed by atoms with Gasteiger partial charge < -0.3 is 9.64 Å². The Morgan fingerprint density at radius 1 is 1.00 bits per heavy atom. The van der Waals surface area contributed by atoms with Crippen LogP contribution in [0.4, 0.5) is 0 Å². The van der Waals surface area contributed by atoms with Crippen LogP contribution in [-0.2, 0) is 19.6 Å². The Labute approximate surface area is 170 Å². The average molecular weight is 392 g/mol. The van der Waals surface area contributed by atoms with E-state index in [2.05, 4.69) is 19.1 Å². The third kappa shape index (κ3) is 3.90. The van der Waals surface area contributed by atoms with E-state index in [0.29, 0.717) is 24.7 Å². The number of fused-ring (bicyclic) bond motifs is 1. The molecule has 0 aromatic heterocycles. The SMILES string of the molecule is Cc1ccccc1CN1CCc2c(OCc3ccc(Cl)cc3)cccc2C1=O. The standard InChI is InChI=1S/C24H22ClNO2/c1-17-5-2-3-6-19(17)15-26-14-13-21-22(24(26)27)7-4-8-23(21)28-16-18-9-11-20(25)12-10-18/h2-12H,13-16H2,1H3. The second-order valence-electron chi connectivity index (χ2n) is 7.10. The van der Waals surface area contributed by atoms with E-state index in [0.717, 1.165) is 28.9 Å². The van der Waals surface area contributed by atoms with Gasteiger partial charge in [-0.15, -0.1) is 0 Å². The third-order valence-corrected chi connectivity index (χ3v) is 5.46. The maximum absolute atomic E-state index is 13.1. The van der Waals surface area contributed by atoms with Gasteiger partial charge in [0, 0.05) is 29.2 Å². The van der Waals surface area contributed by atoms with Crippen molar-refractivity contribution in [1.82, 2.24) is 4.90 Å². The van der Waals surface area contributed by atoms with Crippen LogP contribution < -0.4 is 4.74 Å². The predicted molar refractivity (Wildman–Crippen MR) is 112 cm³/mol. The fraction of sp³-hybridized carbons (Fsp3) is 0.208. The van der Waals surface area contributed by atoms with Crippen molar-refractivity contribution >= 4 is 17.5 Å². The maximum atomic E-state index is 13.1. The molecule has 1 heterocycles. The summed E-state index contributed by atoms with van der Waals surface area (Å²) in [6.45, 7) is 3.87. The molecule has 0 unspecified atom stereocenters. The zero-order valence-corrected chi connectivity index (χ0v) is 16.6. The summed E-state index contributed by atoms with van der Waals surface area (Å²) in [5.74, 6) is 0.859. The second-order valence-corrected chi connectivity index (χ2v) is 7.54. The average Bonchev–Trinajstić information content (AvgIpc) is 2.71. The summed E-state index contributed by atoms with van der Waals surface area (Å²) < 4.78 is 6.04. The molecule has 0 radical (unpaired) electrons. The molecule has 1 amide bonds. The van der Waals surface area contributed by atoms with Crippen molar-refractivity contribution in [1.29, 1.82) is 0 Å². The second kappa shape index (κ2) is 8.07. The molecule has 0 saturated carbocycles. The molecule has 0 aliphatic carbocycles. The Hall–Kier alpha value is -2.78. The first-order valence-corrected chi connectivity index (χ1v) is 9.82. The predicted octanol–water partition coefficient (Wildman–Crippen LogP) is 5.43. The zero-order chi connectivity index (χ0) is 19.5. The molecule has 3 aromatic rings. The van der Waals surface area contributed by atoms with Crippen LogP contribution in [-0.4, -0.2) is 17.4 Å². The molecule has 0 bridgehead atoms. The zero-order valence-electron chi connectivity index (χ0n) is 15.8. The van der Waals surface area contributed by atoms with Crippen molar-refractivity contribution in [2.75, 3.05) is 6.54 Å². The highest BCUT2D eigenvalue weighted by Gasteiger charge is 2.26. The third-order valence-electron chi connectivity index (χ3n) is 5.21. The Kier molecular flexibility index (Phi) is 5.36. The fourth-order valence-corrected chi connectivity index (χ4v) is 3.69. The van der Waals surface area contributed by atoms with Gasteiger partial charge in [-0.05, 0) is 54.3 Å². The number of rotatable bonds is 5. The molecule has 1 aliphatic heterocycles. The Morgan fingerprint density at radius 3 is 2.57 bits per heavy atom. The molecule has 3 nitrogen and oxygen atoms in total. The topological polar surface area (TPSA) is 29.5 Å². The number of amides is 1. The number of aryl methyl sites for hydroxylation is 1. The van der Waals surface area contributed by atoms with Crippen LogP contribution in [0.15, 0.2) is 66.7 Å². The molecular formula is C24H22ClNO2. The molecule has 28 heavy (non-hydrogen) atoms. The van der Waals surface area contributed by atoms with Gasteiger partial charge >= 0.3 is 0 Å². The smallest absolute Gasteiger partial charge is 0.254 e. The highest BCUT2D eigenvalue weighted by molar-refractivity contribution is 6.30. The van der Waals surface area contributed by atoms with Crippen molar-refractivity contribution in [3.63, 3.8) is 0 Å². The molecule has 0 fully saturated rings. The van der Waals surface area contributed by atoms with Crippen molar-refractivity contribution in [3.8, 4) is 5.75 Å². The normalized spacial score (nSPS) is 13.4. The molecule has 142 valence electrons. The van der Waals surface area contributed by atoms with Crippen molar-refractivity contribution in [2.24, 2.45) is 0 Å². The van der Waals surface area contributed by atoms with Crippen molar-refractivity contribution in [3.05, 3.63) is 99.6 Å². The van der Waals surface area contributed by atoms with Gasteiger partial charge in [0.15, 0.2) is 0 Å². The number of carbonyl (C=O) groups excluding carboxylic acids is 1. The van der Waals surface area contributed by atoms with Crippen LogP contribution in [0.2, 0.25) is 5.02 Å².